The summed E-state index contributed by atoms with van der Waals surface area (Å²) < 4.78 is 97.7. The van der Waals surface area contributed by atoms with Crippen molar-refractivity contribution in [2.24, 2.45) is 0 Å². The molecule has 0 aliphatic carbocycles. The van der Waals surface area contributed by atoms with Crippen LogP contribution in [-0.4, -0.2) is 147 Å². The molecule has 8 N–H and O–H groups in total. The minimum atomic E-state index is -4.67. The average Bonchev–Trinajstić information content (AvgIpc) is 1.59. The van der Waals surface area contributed by atoms with Crippen LogP contribution >= 0.6 is 108 Å². The largest absolute Gasteiger partial charge is 0.495 e. The number of Topliss-reactive ketones (excluding diaryl/α,β-unsaturated/α-hetero) is 1. The third-order valence-electron chi connectivity index (χ3n) is 17.8. The zero-order valence-corrected chi connectivity index (χ0v) is 79.0. The summed E-state index contributed by atoms with van der Waals surface area (Å²) in [5.41, 5.74) is 16.7. The number of H-pyrrole nitrogens is 1. The highest BCUT2D eigenvalue weighted by atomic mass is 79.9. The van der Waals surface area contributed by atoms with Crippen LogP contribution in [0.4, 0.5) is 14.5 Å². The molecule has 664 valence electrons. The number of rotatable bonds is 12. The molecule has 3 aliphatic heterocycles. The Kier molecular flexibility index (Phi) is 49.3. The molecular formula is C83H95BBr4Cl4F2N10O17S2. The third-order valence-corrected chi connectivity index (χ3v) is 21.7. The SMILES string of the molecule is C.CC(C)c1ccccc1N.Cc1ccc2[nH]ncc2c1Br.Cc1ccc2c(cnn2C2CCCCO2)c1B1OC(C)(C)C(C)(C)O1.Cc1ccc2c(cnn2C2CCCCO2)c1Br.O=C(O)c1cc(Cl)c(Br)cc1F.O=C(O)c1ccc(Br)cc1F.O=S(=O)(O)O.O=S(Cl)Cl.[C-]#[N+]CC(=O)Cc1ccccc1C(C)C.[C-]#[N+]CC(=O)Cl.[C-]#[N+]CC(=O)O. The number of aromatic amines is 1. The number of para-hydroxylation sites is 1. The van der Waals surface area contributed by atoms with Crippen LogP contribution in [0.5, 0.6) is 0 Å². The minimum absolute atomic E-state index is 0. The second kappa shape index (κ2) is 54.7. The number of hydrogen-bond donors (Lipinski definition) is 7. The number of aromatic nitrogens is 6. The van der Waals surface area contributed by atoms with Crippen molar-refractivity contribution in [1.29, 1.82) is 0 Å². The lowest BCUT2D eigenvalue weighted by Gasteiger charge is -2.32. The van der Waals surface area contributed by atoms with Gasteiger partial charge in [0, 0.05) is 80.7 Å². The van der Waals surface area contributed by atoms with Gasteiger partial charge in [0.25, 0.3) is 13.1 Å². The van der Waals surface area contributed by atoms with Gasteiger partial charge in [-0.15, -0.1) is 0 Å². The van der Waals surface area contributed by atoms with Crippen molar-refractivity contribution in [2.75, 3.05) is 38.6 Å². The van der Waals surface area contributed by atoms with E-state index in [1.54, 1.807) is 0 Å². The number of aryl methyl sites for hydroxylation is 3. The summed E-state index contributed by atoms with van der Waals surface area (Å²) in [5, 5.41) is 43.5. The molecule has 3 fully saturated rings. The number of ether oxygens (including phenoxy) is 2. The molecule has 3 aliphatic rings. The van der Waals surface area contributed by atoms with Gasteiger partial charge in [-0.3, -0.25) is 23.8 Å². The zero-order chi connectivity index (χ0) is 92.1. The van der Waals surface area contributed by atoms with Crippen molar-refractivity contribution in [3.63, 3.8) is 0 Å². The number of aliphatic carboxylic acids is 1. The number of carboxylic acid groups (broad SMARTS) is 3. The van der Waals surface area contributed by atoms with E-state index in [9.17, 15) is 32.8 Å². The van der Waals surface area contributed by atoms with Crippen LogP contribution < -0.4 is 11.2 Å². The number of halogens is 10. The molecule has 2 atom stereocenters. The van der Waals surface area contributed by atoms with E-state index < -0.39 is 66.5 Å². The molecule has 6 heterocycles. The van der Waals surface area contributed by atoms with E-state index in [1.807, 2.05) is 76.5 Å². The predicted molar refractivity (Wildman–Crippen MR) is 494 cm³/mol. The van der Waals surface area contributed by atoms with Gasteiger partial charge in [-0.2, -0.15) is 23.7 Å². The molecule has 2 unspecified atom stereocenters. The Morgan fingerprint density at radius 2 is 1.11 bits per heavy atom. The number of carboxylic acids is 3. The van der Waals surface area contributed by atoms with Gasteiger partial charge >= 0.3 is 47.2 Å². The molecule has 27 nitrogen and oxygen atoms in total. The lowest BCUT2D eigenvalue weighted by Crippen LogP contribution is -2.41. The van der Waals surface area contributed by atoms with Gasteiger partial charge < -0.3 is 54.4 Å². The van der Waals surface area contributed by atoms with E-state index in [4.69, 9.17) is 104 Å². The molecule has 0 bridgehead atoms. The molecule has 13 rings (SSSR count). The highest BCUT2D eigenvalue weighted by Crippen LogP contribution is 2.39. The summed E-state index contributed by atoms with van der Waals surface area (Å²) in [5.74, 6) is -4.24. The van der Waals surface area contributed by atoms with Gasteiger partial charge in [0.1, 0.15) is 11.6 Å². The first-order valence-electron chi connectivity index (χ1n) is 36.7. The summed E-state index contributed by atoms with van der Waals surface area (Å²) in [6, 6.07) is 34.4. The topological polar surface area (TPSA) is 378 Å². The summed E-state index contributed by atoms with van der Waals surface area (Å²) in [4.78, 5) is 59.4. The molecule has 0 amide bonds. The molecule has 7 aromatic carbocycles. The molecule has 3 aromatic heterocycles. The lowest BCUT2D eigenvalue weighted by atomic mass is 9.74. The van der Waals surface area contributed by atoms with E-state index in [0.717, 1.165) is 109 Å². The van der Waals surface area contributed by atoms with Crippen molar-refractivity contribution in [3.8, 4) is 0 Å². The van der Waals surface area contributed by atoms with Gasteiger partial charge in [0.15, 0.2) is 12.5 Å². The summed E-state index contributed by atoms with van der Waals surface area (Å²) in [6.45, 7) is 42.8. The van der Waals surface area contributed by atoms with Crippen molar-refractivity contribution in [3.05, 3.63) is 247 Å². The summed E-state index contributed by atoms with van der Waals surface area (Å²) in [7, 11) is 2.32. The fourth-order valence-electron chi connectivity index (χ4n) is 11.2. The number of anilines is 1. The Morgan fingerprint density at radius 3 is 1.54 bits per heavy atom. The summed E-state index contributed by atoms with van der Waals surface area (Å²) in [6.07, 6.45) is 13.0. The van der Waals surface area contributed by atoms with Crippen LogP contribution in [-0.2, 0) is 59.2 Å². The van der Waals surface area contributed by atoms with Gasteiger partial charge in [0.2, 0.25) is 15.0 Å². The second-order valence-electron chi connectivity index (χ2n) is 28.0. The van der Waals surface area contributed by atoms with Gasteiger partial charge in [-0.1, -0.05) is 129 Å². The Balaban J connectivity index is 0.000000475. The number of nitrogens with two attached hydrogens (primary N) is 1. The molecular weight excluding hydrogens is 1980 g/mol. The Bertz CT molecular complexity index is 5420. The molecule has 0 spiro atoms. The number of carbonyl (C=O) groups excluding carboxylic acids is 2. The highest BCUT2D eigenvalue weighted by molar-refractivity contribution is 9.11. The first-order chi connectivity index (χ1) is 57.1. The molecule has 3 saturated heterocycles. The lowest BCUT2D eigenvalue weighted by molar-refractivity contribution is -0.134. The van der Waals surface area contributed by atoms with Crippen molar-refractivity contribution < 1.29 is 88.6 Å². The molecule has 40 heteroatoms. The van der Waals surface area contributed by atoms with E-state index >= 15 is 0 Å². The third kappa shape index (κ3) is 37.9. The fraction of sp³-hybridized carbons (Fsp3) is 0.361. The number of nitrogen functional groups attached to an aromatic ring is 1. The number of carbonyl (C=O) groups is 5. The van der Waals surface area contributed by atoms with Gasteiger partial charge in [-0.25, -0.2) is 56.5 Å². The quantitative estimate of drug-likeness (QED) is 0.0149. The maximum atomic E-state index is 12.8. The van der Waals surface area contributed by atoms with E-state index in [0.29, 0.717) is 27.2 Å². The zero-order valence-electron chi connectivity index (χ0n) is 68.0. The van der Waals surface area contributed by atoms with Crippen LogP contribution in [0.2, 0.25) is 5.02 Å². The van der Waals surface area contributed by atoms with Crippen molar-refractivity contribution >= 4 is 208 Å². The number of nitrogens with one attached hydrogen (secondary N) is 1. The van der Waals surface area contributed by atoms with Gasteiger partial charge in [0.05, 0.1) is 62.5 Å². The standard InChI is InChI=1S/C19H27BN2O3.C13H15BrN2O.C13H15NO.C9H13N.C8H7BrN2.C7H3BrClFO2.C7H4BrFO2.C3H2ClNO.C3H3NO2.CH4.Cl2OS.H2O4S/c1-13-9-10-15-14(12-21-22(15)16-8-6-7-11-23-16)17(13)20-24-18(2,3)19(4,5)25-20;1-9-5-6-11-10(13(9)14)8-15-16(11)12-4-2-3-7-17-12;1-10(2)13-7-5-4-6-11(13)8-12(15)9-14-3;1-7(2)8-5-3-4-6-9(8)10;1-5-2-3-7-6(8(5)9)4-10-11-7;8-4-2-6(10)3(7(11)12)1-5(4)9;8-4-1-2-5(7(10)11)6(9)3-4;1-5-2-3(4)6;1-4-2-3(5)6;;1-4(2)3;1-5(2,3)4/h9-10,12,16H,6-8,11H2,1-5H3;5-6,8,12H,2-4,7H2,1H3;4-7,10H,8-9H2,1-2H3;3-7H,10H2,1-2H3;2-4H,1H3,(H,10,11);1-2H,(H,11,12);1-3H,(H,10,11);2H2;2H2,(H,5,6);1H4;;(H2,1,2,3,4). The maximum Gasteiger partial charge on any atom is 0.495 e. The summed E-state index contributed by atoms with van der Waals surface area (Å²) >= 11 is 23.4. The highest BCUT2D eigenvalue weighted by Gasteiger charge is 2.52. The second-order valence-corrected chi connectivity index (χ2v) is 35.6. The molecule has 123 heavy (non-hydrogen) atoms. The average molecular weight is 2080 g/mol. The van der Waals surface area contributed by atoms with Crippen LogP contribution in [0, 0.1) is 52.1 Å². The van der Waals surface area contributed by atoms with Crippen LogP contribution in [0.15, 0.2) is 152 Å². The van der Waals surface area contributed by atoms with Crippen LogP contribution in [0.1, 0.15) is 180 Å². The fourth-order valence-corrected chi connectivity index (χ4v) is 13.0. The first-order valence-corrected chi connectivity index (χ1v) is 44.9. The number of aromatic carboxylic acids is 2. The smallest absolute Gasteiger partial charge is 0.478 e. The monoisotopic (exact) mass is 2070 g/mol. The van der Waals surface area contributed by atoms with E-state index in [2.05, 4.69) is 233 Å². The van der Waals surface area contributed by atoms with Gasteiger partial charge in [-0.05, 0) is 246 Å². The number of fused-ring (bicyclic) bond motifs is 3. The van der Waals surface area contributed by atoms with Crippen molar-refractivity contribution in [1.82, 2.24) is 29.8 Å². The normalized spacial score (nSPS) is 14.3. The maximum absolute atomic E-state index is 12.8. The molecule has 10 aromatic rings. The first kappa shape index (κ1) is 111. The van der Waals surface area contributed by atoms with Crippen molar-refractivity contribution in [2.45, 2.75) is 164 Å². The molecule has 0 saturated carbocycles. The van der Waals surface area contributed by atoms with E-state index in [1.165, 1.54) is 59.0 Å². The number of ketones is 1. The minimum Gasteiger partial charge on any atom is -0.478 e. The Labute approximate surface area is 769 Å². The number of benzene rings is 7. The number of hydrogen-bond acceptors (Lipinski definition) is 16. The predicted octanol–water partition coefficient (Wildman–Crippen LogP) is 21.9. The Hall–Kier alpha value is -8.17. The Morgan fingerprint density at radius 1 is 0.650 bits per heavy atom. The van der Waals surface area contributed by atoms with Crippen LogP contribution in [0.25, 0.3) is 47.2 Å². The number of nitrogens with zero attached hydrogens (tertiary/aromatic N) is 8. The van der Waals surface area contributed by atoms with E-state index in [-0.39, 0.29) is 67.7 Å². The molecule has 0 radical (unpaired) electrons. The van der Waals surface area contributed by atoms with Crippen LogP contribution in [0.3, 0.4) is 0 Å².